The minimum Gasteiger partial charge on any atom is -0.507 e. The maximum Gasteiger partial charge on any atom is 0.339 e. The standard InChI is InChI=1S/C24H18FNO3/c1-12-3-2-4-13(7-12)15-9-18-16-6-5-14-8-19(24(28)29)21(27)11-17(14)22(16)26-23(18)20(25)10-15/h2-4,7-11,26-27H,5-6H2,1H3,(H,28,29). The number of hydrogen-bond acceptors (Lipinski definition) is 2. The highest BCUT2D eigenvalue weighted by molar-refractivity contribution is 5.97. The summed E-state index contributed by atoms with van der Waals surface area (Å²) in [7, 11) is 0. The number of benzene rings is 3. The van der Waals surface area contributed by atoms with Gasteiger partial charge in [0.05, 0.1) is 11.2 Å². The number of aromatic hydroxyl groups is 1. The Bertz CT molecular complexity index is 1320. The molecular weight excluding hydrogens is 369 g/mol. The summed E-state index contributed by atoms with van der Waals surface area (Å²) in [5, 5.41) is 20.2. The van der Waals surface area contributed by atoms with Crippen LogP contribution in [0, 0.1) is 12.7 Å². The number of carbonyl (C=O) groups is 1. The Morgan fingerprint density at radius 3 is 2.66 bits per heavy atom. The summed E-state index contributed by atoms with van der Waals surface area (Å²) in [6, 6.07) is 14.5. The van der Waals surface area contributed by atoms with Gasteiger partial charge in [-0.2, -0.15) is 0 Å². The maximum absolute atomic E-state index is 15.0. The summed E-state index contributed by atoms with van der Waals surface area (Å²) >= 11 is 0. The van der Waals surface area contributed by atoms with Crippen molar-refractivity contribution < 1.29 is 19.4 Å². The minimum atomic E-state index is -1.17. The number of carboxylic acids is 1. The monoisotopic (exact) mass is 387 g/mol. The van der Waals surface area contributed by atoms with Crippen LogP contribution < -0.4 is 0 Å². The molecule has 144 valence electrons. The maximum atomic E-state index is 15.0. The van der Waals surface area contributed by atoms with E-state index >= 15 is 0 Å². The van der Waals surface area contributed by atoms with Crippen LogP contribution >= 0.6 is 0 Å². The fourth-order valence-corrected chi connectivity index (χ4v) is 4.29. The first-order valence-corrected chi connectivity index (χ1v) is 9.43. The predicted molar refractivity (Wildman–Crippen MR) is 110 cm³/mol. The van der Waals surface area contributed by atoms with Gasteiger partial charge in [-0.3, -0.25) is 0 Å². The molecule has 0 amide bonds. The molecule has 0 saturated heterocycles. The molecular formula is C24H18FNO3. The molecule has 5 rings (SSSR count). The van der Waals surface area contributed by atoms with E-state index in [1.807, 2.05) is 37.3 Å². The van der Waals surface area contributed by atoms with Gasteiger partial charge in [-0.1, -0.05) is 29.8 Å². The molecule has 1 aliphatic rings. The van der Waals surface area contributed by atoms with E-state index in [1.54, 1.807) is 0 Å². The highest BCUT2D eigenvalue weighted by atomic mass is 19.1. The molecule has 0 radical (unpaired) electrons. The van der Waals surface area contributed by atoms with E-state index < -0.39 is 5.97 Å². The molecule has 3 N–H and O–H groups in total. The minimum absolute atomic E-state index is 0.115. The molecule has 0 saturated carbocycles. The van der Waals surface area contributed by atoms with E-state index in [9.17, 15) is 19.4 Å². The number of phenols is 1. The topological polar surface area (TPSA) is 73.3 Å². The van der Waals surface area contributed by atoms with Crippen LogP contribution in [0.4, 0.5) is 4.39 Å². The zero-order valence-electron chi connectivity index (χ0n) is 15.7. The number of carboxylic acid groups (broad SMARTS) is 1. The van der Waals surface area contributed by atoms with Gasteiger partial charge in [0, 0.05) is 10.9 Å². The molecule has 1 aromatic heterocycles. The van der Waals surface area contributed by atoms with Crippen LogP contribution in [0.1, 0.15) is 27.0 Å². The Labute approximate surface area is 166 Å². The molecule has 4 aromatic rings. The number of halogens is 1. The van der Waals surface area contributed by atoms with Crippen molar-refractivity contribution in [1.29, 1.82) is 0 Å². The summed E-state index contributed by atoms with van der Waals surface area (Å²) < 4.78 is 15.0. The second-order valence-corrected chi connectivity index (χ2v) is 7.56. The lowest BCUT2D eigenvalue weighted by Crippen LogP contribution is -2.06. The number of hydrogen-bond donors (Lipinski definition) is 3. The number of rotatable bonds is 2. The molecule has 1 aliphatic carbocycles. The summed E-state index contributed by atoms with van der Waals surface area (Å²) in [4.78, 5) is 14.5. The molecule has 29 heavy (non-hydrogen) atoms. The number of aryl methyl sites for hydroxylation is 3. The van der Waals surface area contributed by atoms with Gasteiger partial charge < -0.3 is 15.2 Å². The zero-order chi connectivity index (χ0) is 20.3. The number of nitrogens with one attached hydrogen (secondary N) is 1. The molecule has 0 bridgehead atoms. The van der Waals surface area contributed by atoms with Crippen molar-refractivity contribution in [3.8, 4) is 28.1 Å². The predicted octanol–water partition coefficient (Wildman–Crippen LogP) is 5.45. The normalized spacial score (nSPS) is 12.6. The molecule has 3 aromatic carbocycles. The first-order valence-electron chi connectivity index (χ1n) is 9.43. The third-order valence-corrected chi connectivity index (χ3v) is 5.68. The molecule has 0 spiro atoms. The Hall–Kier alpha value is -3.60. The third kappa shape index (κ3) is 2.70. The summed E-state index contributed by atoms with van der Waals surface area (Å²) in [5.41, 5.74) is 6.49. The van der Waals surface area contributed by atoms with E-state index in [0.717, 1.165) is 44.5 Å². The molecule has 0 aliphatic heterocycles. The smallest absolute Gasteiger partial charge is 0.339 e. The van der Waals surface area contributed by atoms with Crippen molar-refractivity contribution >= 4 is 16.9 Å². The number of aromatic amines is 1. The Balaban J connectivity index is 1.73. The first kappa shape index (κ1) is 17.5. The van der Waals surface area contributed by atoms with Crippen LogP contribution in [-0.4, -0.2) is 21.2 Å². The quantitative estimate of drug-likeness (QED) is 0.428. The average molecular weight is 387 g/mol. The van der Waals surface area contributed by atoms with Gasteiger partial charge in [-0.25, -0.2) is 9.18 Å². The van der Waals surface area contributed by atoms with Crippen LogP contribution in [-0.2, 0) is 12.8 Å². The summed E-state index contributed by atoms with van der Waals surface area (Å²) in [6.07, 6.45) is 1.30. The Kier molecular flexibility index (Phi) is 3.74. The number of aromatic nitrogens is 1. The van der Waals surface area contributed by atoms with E-state index in [2.05, 4.69) is 4.98 Å². The Morgan fingerprint density at radius 2 is 1.90 bits per heavy atom. The molecule has 0 atom stereocenters. The number of aromatic carboxylic acids is 1. The van der Waals surface area contributed by atoms with Gasteiger partial charge >= 0.3 is 5.97 Å². The lowest BCUT2D eigenvalue weighted by atomic mass is 9.87. The summed E-state index contributed by atoms with van der Waals surface area (Å²) in [5.74, 6) is -1.79. The van der Waals surface area contributed by atoms with Crippen LogP contribution in [0.15, 0.2) is 48.5 Å². The second kappa shape index (κ2) is 6.21. The van der Waals surface area contributed by atoms with Crippen LogP contribution in [0.25, 0.3) is 33.3 Å². The van der Waals surface area contributed by atoms with E-state index in [0.29, 0.717) is 18.4 Å². The summed E-state index contributed by atoms with van der Waals surface area (Å²) in [6.45, 7) is 2.01. The van der Waals surface area contributed by atoms with Crippen LogP contribution in [0.2, 0.25) is 0 Å². The number of H-pyrrole nitrogens is 1. The van der Waals surface area contributed by atoms with Crippen molar-refractivity contribution in [1.82, 2.24) is 4.98 Å². The van der Waals surface area contributed by atoms with Crippen molar-refractivity contribution in [2.24, 2.45) is 0 Å². The highest BCUT2D eigenvalue weighted by Gasteiger charge is 2.25. The fourth-order valence-electron chi connectivity index (χ4n) is 4.29. The van der Waals surface area contributed by atoms with Gasteiger partial charge in [0.15, 0.2) is 0 Å². The average Bonchev–Trinajstić information content (AvgIpc) is 3.07. The lowest BCUT2D eigenvalue weighted by Gasteiger charge is -2.18. The first-order chi connectivity index (χ1) is 13.9. The van der Waals surface area contributed by atoms with Crippen molar-refractivity contribution in [2.75, 3.05) is 0 Å². The van der Waals surface area contributed by atoms with Crippen molar-refractivity contribution in [3.63, 3.8) is 0 Å². The molecule has 0 fully saturated rings. The highest BCUT2D eigenvalue weighted by Crippen LogP contribution is 2.41. The molecule has 5 heteroatoms. The number of fused-ring (bicyclic) bond motifs is 5. The van der Waals surface area contributed by atoms with Crippen LogP contribution in [0.3, 0.4) is 0 Å². The second-order valence-electron chi connectivity index (χ2n) is 7.56. The third-order valence-electron chi connectivity index (χ3n) is 5.68. The van der Waals surface area contributed by atoms with Gasteiger partial charge in [0.25, 0.3) is 0 Å². The van der Waals surface area contributed by atoms with E-state index in [-0.39, 0.29) is 17.1 Å². The zero-order valence-corrected chi connectivity index (χ0v) is 15.7. The van der Waals surface area contributed by atoms with E-state index in [4.69, 9.17) is 0 Å². The Morgan fingerprint density at radius 1 is 1.07 bits per heavy atom. The molecule has 0 unspecified atom stereocenters. The largest absolute Gasteiger partial charge is 0.507 e. The molecule has 1 heterocycles. The van der Waals surface area contributed by atoms with Gasteiger partial charge in [-0.05, 0) is 66.3 Å². The van der Waals surface area contributed by atoms with Gasteiger partial charge in [-0.15, -0.1) is 0 Å². The van der Waals surface area contributed by atoms with Gasteiger partial charge in [0.1, 0.15) is 17.1 Å². The lowest BCUT2D eigenvalue weighted by molar-refractivity contribution is 0.0693. The SMILES string of the molecule is Cc1cccc(-c2cc(F)c3[nH]c4c(c3c2)CCc2cc(C(=O)O)c(O)cc2-4)c1. The van der Waals surface area contributed by atoms with E-state index in [1.165, 1.54) is 18.2 Å². The van der Waals surface area contributed by atoms with Crippen LogP contribution in [0.5, 0.6) is 5.75 Å². The van der Waals surface area contributed by atoms with Crippen molar-refractivity contribution in [3.05, 3.63) is 76.6 Å². The fraction of sp³-hybridized carbons (Fsp3) is 0.125. The van der Waals surface area contributed by atoms with Crippen molar-refractivity contribution in [2.45, 2.75) is 19.8 Å². The molecule has 4 nitrogen and oxygen atoms in total. The van der Waals surface area contributed by atoms with Gasteiger partial charge in [0.2, 0.25) is 0 Å².